The van der Waals surface area contributed by atoms with Gasteiger partial charge in [0.2, 0.25) is 20.0 Å². The Labute approximate surface area is 141 Å². The van der Waals surface area contributed by atoms with Crippen molar-refractivity contribution in [3.63, 3.8) is 0 Å². The van der Waals surface area contributed by atoms with E-state index in [1.807, 2.05) is 0 Å². The van der Waals surface area contributed by atoms with E-state index in [1.54, 1.807) is 0 Å². The number of rotatable bonds is 9. The van der Waals surface area contributed by atoms with Gasteiger partial charge in [-0.3, -0.25) is 9.10 Å². The van der Waals surface area contributed by atoms with E-state index in [1.165, 1.54) is 32.4 Å². The van der Waals surface area contributed by atoms with E-state index < -0.39 is 26.0 Å². The van der Waals surface area contributed by atoms with Gasteiger partial charge in [-0.2, -0.15) is 0 Å². The summed E-state index contributed by atoms with van der Waals surface area (Å²) in [4.78, 5) is 10.3. The highest BCUT2D eigenvalue weighted by Gasteiger charge is 2.21. The van der Waals surface area contributed by atoms with E-state index in [9.17, 15) is 21.6 Å². The van der Waals surface area contributed by atoms with Crippen LogP contribution in [-0.2, 0) is 24.8 Å². The number of carboxylic acid groups (broad SMARTS) is 1. The van der Waals surface area contributed by atoms with E-state index in [-0.39, 0.29) is 35.7 Å². The highest BCUT2D eigenvalue weighted by Crippen LogP contribution is 2.31. The number of carboxylic acids is 1. The topological polar surface area (TPSA) is 130 Å². The van der Waals surface area contributed by atoms with E-state index in [2.05, 4.69) is 4.72 Å². The van der Waals surface area contributed by atoms with Crippen molar-refractivity contribution < 1.29 is 31.5 Å². The number of hydrogen-bond acceptors (Lipinski definition) is 6. The number of sulfonamides is 2. The lowest BCUT2D eigenvalue weighted by molar-refractivity contribution is -0.137. The van der Waals surface area contributed by atoms with Crippen LogP contribution in [0.25, 0.3) is 0 Å². The molecule has 0 fully saturated rings. The first-order valence-corrected chi connectivity index (χ1v) is 10.2. The van der Waals surface area contributed by atoms with Crippen LogP contribution in [0, 0.1) is 0 Å². The quantitative estimate of drug-likeness (QED) is 0.587. The molecule has 0 aromatic heterocycles. The maximum atomic E-state index is 12.2. The molecule has 0 heterocycles. The monoisotopic (exact) mass is 380 g/mol. The van der Waals surface area contributed by atoms with Crippen molar-refractivity contribution in [3.05, 3.63) is 18.2 Å². The standard InChI is InChI=1S/C13H20N2O7S2/c1-15(23(3,18)19)11-9-10(6-7-12(11)22-2)24(20,21)14-8-4-5-13(16)17/h6-7,9,14H,4-5,8H2,1-3H3,(H,16,17). The molecule has 0 bridgehead atoms. The molecule has 0 aliphatic heterocycles. The lowest BCUT2D eigenvalue weighted by atomic mass is 10.3. The zero-order chi connectivity index (χ0) is 18.5. The highest BCUT2D eigenvalue weighted by molar-refractivity contribution is 7.92. The molecule has 0 atom stereocenters. The predicted molar refractivity (Wildman–Crippen MR) is 88.3 cm³/mol. The van der Waals surface area contributed by atoms with Gasteiger partial charge in [-0.05, 0) is 24.6 Å². The van der Waals surface area contributed by atoms with Crippen LogP contribution < -0.4 is 13.8 Å². The summed E-state index contributed by atoms with van der Waals surface area (Å²) in [5.74, 6) is -0.816. The molecule has 0 amide bonds. The number of ether oxygens (including phenoxy) is 1. The SMILES string of the molecule is COc1ccc(S(=O)(=O)NCCCC(=O)O)cc1N(C)S(C)(=O)=O. The fraction of sp³-hybridized carbons (Fsp3) is 0.462. The smallest absolute Gasteiger partial charge is 0.303 e. The van der Waals surface area contributed by atoms with Crippen LogP contribution in [0.4, 0.5) is 5.69 Å². The zero-order valence-electron chi connectivity index (χ0n) is 13.5. The molecule has 0 saturated heterocycles. The predicted octanol–water partition coefficient (Wildman–Crippen LogP) is 0.234. The highest BCUT2D eigenvalue weighted by atomic mass is 32.2. The Morgan fingerprint density at radius 1 is 1.29 bits per heavy atom. The average molecular weight is 380 g/mol. The molecule has 0 aliphatic carbocycles. The third-order valence-corrected chi connectivity index (χ3v) is 5.81. The van der Waals surface area contributed by atoms with Gasteiger partial charge in [-0.25, -0.2) is 21.6 Å². The van der Waals surface area contributed by atoms with Gasteiger partial charge in [-0.1, -0.05) is 0 Å². The van der Waals surface area contributed by atoms with Gasteiger partial charge in [0.1, 0.15) is 5.75 Å². The van der Waals surface area contributed by atoms with Crippen molar-refractivity contribution in [2.24, 2.45) is 0 Å². The minimum absolute atomic E-state index is 0.0437. The Morgan fingerprint density at radius 2 is 1.92 bits per heavy atom. The molecule has 0 unspecified atom stereocenters. The third kappa shape index (κ3) is 5.35. The van der Waals surface area contributed by atoms with Crippen LogP contribution in [0.5, 0.6) is 5.75 Å². The van der Waals surface area contributed by atoms with Gasteiger partial charge in [0.25, 0.3) is 0 Å². The molecule has 0 spiro atoms. The summed E-state index contributed by atoms with van der Waals surface area (Å²) in [6.07, 6.45) is 0.964. The molecule has 2 N–H and O–H groups in total. The van der Waals surface area contributed by atoms with Crippen LogP contribution in [0.3, 0.4) is 0 Å². The number of anilines is 1. The maximum absolute atomic E-state index is 12.2. The Kier molecular flexibility index (Phi) is 6.58. The Morgan fingerprint density at radius 3 is 2.42 bits per heavy atom. The van der Waals surface area contributed by atoms with E-state index in [0.717, 1.165) is 10.6 Å². The third-order valence-electron chi connectivity index (χ3n) is 3.16. The summed E-state index contributed by atoms with van der Waals surface area (Å²) >= 11 is 0. The van der Waals surface area contributed by atoms with Crippen molar-refractivity contribution in [3.8, 4) is 5.75 Å². The number of nitrogens with one attached hydrogen (secondary N) is 1. The molecule has 0 radical (unpaired) electrons. The Balaban J connectivity index is 3.10. The van der Waals surface area contributed by atoms with Crippen LogP contribution >= 0.6 is 0 Å². The van der Waals surface area contributed by atoms with E-state index in [0.29, 0.717) is 0 Å². The Bertz CT molecular complexity index is 804. The Hall–Kier alpha value is -1.85. The summed E-state index contributed by atoms with van der Waals surface area (Å²) in [6.45, 7) is -0.0437. The summed E-state index contributed by atoms with van der Waals surface area (Å²) in [5, 5.41) is 8.54. The summed E-state index contributed by atoms with van der Waals surface area (Å²) < 4.78 is 56.1. The normalized spacial score (nSPS) is 12.0. The van der Waals surface area contributed by atoms with Crippen molar-refractivity contribution in [2.75, 3.05) is 31.3 Å². The summed E-state index contributed by atoms with van der Waals surface area (Å²) in [6, 6.07) is 3.81. The number of nitrogens with zero attached hydrogens (tertiary/aromatic N) is 1. The summed E-state index contributed by atoms with van der Waals surface area (Å²) in [7, 11) is -4.89. The van der Waals surface area contributed by atoms with Gasteiger partial charge < -0.3 is 9.84 Å². The maximum Gasteiger partial charge on any atom is 0.303 e. The van der Waals surface area contributed by atoms with Crippen LogP contribution in [-0.4, -0.2) is 54.9 Å². The second-order valence-electron chi connectivity index (χ2n) is 4.96. The molecule has 24 heavy (non-hydrogen) atoms. The molecular weight excluding hydrogens is 360 g/mol. The molecule has 9 nitrogen and oxygen atoms in total. The fourth-order valence-electron chi connectivity index (χ4n) is 1.79. The van der Waals surface area contributed by atoms with Crippen molar-refractivity contribution in [2.45, 2.75) is 17.7 Å². The zero-order valence-corrected chi connectivity index (χ0v) is 15.1. The lowest BCUT2D eigenvalue weighted by Gasteiger charge is -2.20. The van der Waals surface area contributed by atoms with Gasteiger partial charge in [0.15, 0.2) is 0 Å². The molecule has 0 saturated carbocycles. The van der Waals surface area contributed by atoms with Crippen molar-refractivity contribution in [1.82, 2.24) is 4.72 Å². The van der Waals surface area contributed by atoms with E-state index in [4.69, 9.17) is 9.84 Å². The van der Waals surface area contributed by atoms with Crippen molar-refractivity contribution in [1.29, 1.82) is 0 Å². The van der Waals surface area contributed by atoms with E-state index >= 15 is 0 Å². The number of methoxy groups -OCH3 is 1. The van der Waals surface area contributed by atoms with Crippen molar-refractivity contribution >= 4 is 31.7 Å². The number of aliphatic carboxylic acids is 1. The first kappa shape index (κ1) is 20.2. The van der Waals surface area contributed by atoms with Crippen LogP contribution in [0.1, 0.15) is 12.8 Å². The number of benzene rings is 1. The minimum Gasteiger partial charge on any atom is -0.495 e. The molecule has 1 aromatic carbocycles. The molecule has 136 valence electrons. The van der Waals surface area contributed by atoms with Gasteiger partial charge in [0, 0.05) is 20.0 Å². The second-order valence-corrected chi connectivity index (χ2v) is 8.74. The molecule has 1 aromatic rings. The number of hydrogen-bond donors (Lipinski definition) is 2. The molecular formula is C13H20N2O7S2. The van der Waals surface area contributed by atoms with Gasteiger partial charge in [0.05, 0.1) is 23.9 Å². The van der Waals surface area contributed by atoms with Crippen LogP contribution in [0.15, 0.2) is 23.1 Å². The molecule has 1 rings (SSSR count). The molecule has 0 aliphatic rings. The van der Waals surface area contributed by atoms with Gasteiger partial charge >= 0.3 is 5.97 Å². The number of carbonyl (C=O) groups is 1. The fourth-order valence-corrected chi connectivity index (χ4v) is 3.38. The lowest BCUT2D eigenvalue weighted by Crippen LogP contribution is -2.27. The van der Waals surface area contributed by atoms with Gasteiger partial charge in [-0.15, -0.1) is 0 Å². The molecule has 11 heteroatoms. The second kappa shape index (κ2) is 7.81. The average Bonchev–Trinajstić information content (AvgIpc) is 2.49. The van der Waals surface area contributed by atoms with Crippen LogP contribution in [0.2, 0.25) is 0 Å². The summed E-state index contributed by atoms with van der Waals surface area (Å²) in [5.41, 5.74) is 0.0772. The minimum atomic E-state index is -3.90. The largest absolute Gasteiger partial charge is 0.495 e. The first-order chi connectivity index (χ1) is 11.0. The first-order valence-electron chi connectivity index (χ1n) is 6.82.